The van der Waals surface area contributed by atoms with Crippen molar-refractivity contribution in [2.45, 2.75) is 32.2 Å². The highest BCUT2D eigenvalue weighted by Crippen LogP contribution is 2.21. The van der Waals surface area contributed by atoms with Crippen LogP contribution in [0.3, 0.4) is 0 Å². The van der Waals surface area contributed by atoms with Crippen LogP contribution < -0.4 is 4.72 Å². The van der Waals surface area contributed by atoms with Crippen molar-refractivity contribution in [3.63, 3.8) is 0 Å². The van der Waals surface area contributed by atoms with E-state index in [9.17, 15) is 8.42 Å². The first-order valence-electron chi connectivity index (χ1n) is 8.13. The van der Waals surface area contributed by atoms with Gasteiger partial charge in [0.05, 0.1) is 11.4 Å². The molecule has 0 spiro atoms. The zero-order valence-corrected chi connectivity index (χ0v) is 16.4. The molecule has 1 aromatic heterocycles. The molecule has 0 saturated heterocycles. The number of aryl methyl sites for hydroxylation is 3. The molecule has 0 aliphatic heterocycles. The first-order chi connectivity index (χ1) is 12.2. The third-order valence-corrected chi connectivity index (χ3v) is 5.85. The lowest BCUT2D eigenvalue weighted by Crippen LogP contribution is -2.15. The van der Waals surface area contributed by atoms with E-state index in [2.05, 4.69) is 9.82 Å². The first-order valence-corrected chi connectivity index (χ1v) is 10.00. The van der Waals surface area contributed by atoms with Gasteiger partial charge in [-0.3, -0.25) is 9.40 Å². The Bertz CT molecular complexity index is 1040. The van der Waals surface area contributed by atoms with Crippen molar-refractivity contribution in [3.05, 3.63) is 75.9 Å². The van der Waals surface area contributed by atoms with Crippen LogP contribution in [0.1, 0.15) is 22.4 Å². The van der Waals surface area contributed by atoms with Gasteiger partial charge in [0, 0.05) is 16.8 Å². The largest absolute Gasteiger partial charge is 0.263 e. The summed E-state index contributed by atoms with van der Waals surface area (Å²) in [5.74, 6) is 0.303. The Balaban J connectivity index is 1.84. The summed E-state index contributed by atoms with van der Waals surface area (Å²) in [6.07, 6.45) is 0. The summed E-state index contributed by atoms with van der Waals surface area (Å²) in [7, 11) is -3.69. The van der Waals surface area contributed by atoms with Gasteiger partial charge in [0.2, 0.25) is 0 Å². The van der Waals surface area contributed by atoms with E-state index in [0.29, 0.717) is 22.9 Å². The molecule has 3 rings (SSSR count). The van der Waals surface area contributed by atoms with Crippen LogP contribution in [-0.2, 0) is 16.6 Å². The molecule has 0 saturated carbocycles. The number of rotatable bonds is 5. The van der Waals surface area contributed by atoms with Gasteiger partial charge in [-0.25, -0.2) is 8.42 Å². The van der Waals surface area contributed by atoms with Crippen LogP contribution in [-0.4, -0.2) is 18.2 Å². The van der Waals surface area contributed by atoms with Crippen molar-refractivity contribution in [3.8, 4) is 0 Å². The van der Waals surface area contributed by atoms with Crippen LogP contribution >= 0.6 is 11.6 Å². The van der Waals surface area contributed by atoms with Crippen LogP contribution in [0.25, 0.3) is 0 Å². The number of benzene rings is 2. The van der Waals surface area contributed by atoms with Crippen LogP contribution in [0.5, 0.6) is 0 Å². The zero-order valence-electron chi connectivity index (χ0n) is 14.8. The van der Waals surface area contributed by atoms with E-state index in [-0.39, 0.29) is 4.90 Å². The van der Waals surface area contributed by atoms with E-state index in [1.807, 2.05) is 44.2 Å². The van der Waals surface area contributed by atoms with Gasteiger partial charge < -0.3 is 0 Å². The van der Waals surface area contributed by atoms with E-state index in [1.165, 1.54) is 0 Å². The number of sulfonamides is 1. The molecule has 0 radical (unpaired) electrons. The van der Waals surface area contributed by atoms with Gasteiger partial charge in [0.1, 0.15) is 0 Å². The average molecular weight is 390 g/mol. The smallest absolute Gasteiger partial charge is 0.263 e. The minimum Gasteiger partial charge on any atom is -0.263 e. The van der Waals surface area contributed by atoms with Crippen molar-refractivity contribution in [1.82, 2.24) is 9.78 Å². The second-order valence-electron chi connectivity index (χ2n) is 6.33. The van der Waals surface area contributed by atoms with Gasteiger partial charge in [-0.15, -0.1) is 0 Å². The summed E-state index contributed by atoms with van der Waals surface area (Å²) in [5.41, 5.74) is 3.48. The third-order valence-electron chi connectivity index (χ3n) is 4.10. The maximum Gasteiger partial charge on any atom is 0.263 e. The molecule has 0 bridgehead atoms. The number of nitrogens with one attached hydrogen (secondary N) is 1. The summed E-state index contributed by atoms with van der Waals surface area (Å²) in [6.45, 7) is 6.06. The summed E-state index contributed by atoms with van der Waals surface area (Å²) in [5, 5.41) is 5.06. The number of aromatic nitrogens is 2. The van der Waals surface area contributed by atoms with Gasteiger partial charge in [0.25, 0.3) is 10.0 Å². The Morgan fingerprint density at radius 2 is 1.73 bits per heavy atom. The number of hydrogen-bond acceptors (Lipinski definition) is 3. The molecule has 26 heavy (non-hydrogen) atoms. The van der Waals surface area contributed by atoms with E-state index in [4.69, 9.17) is 11.6 Å². The molecule has 5 nitrogen and oxygen atoms in total. The maximum absolute atomic E-state index is 12.7. The fraction of sp³-hybridized carbons (Fsp3) is 0.211. The Kier molecular flexibility index (Phi) is 5.07. The van der Waals surface area contributed by atoms with Crippen molar-refractivity contribution < 1.29 is 8.42 Å². The van der Waals surface area contributed by atoms with Crippen LogP contribution in [0, 0.1) is 20.8 Å². The Hall–Kier alpha value is -2.31. The molecule has 0 amide bonds. The van der Waals surface area contributed by atoms with E-state index in [0.717, 1.165) is 16.8 Å². The molecule has 0 atom stereocenters. The van der Waals surface area contributed by atoms with Crippen LogP contribution in [0.2, 0.25) is 5.02 Å². The lowest BCUT2D eigenvalue weighted by molar-refractivity contribution is 0.600. The van der Waals surface area contributed by atoms with E-state index in [1.54, 1.807) is 29.8 Å². The second kappa shape index (κ2) is 7.13. The Morgan fingerprint density at radius 3 is 2.42 bits per heavy atom. The normalized spacial score (nSPS) is 11.5. The fourth-order valence-corrected chi connectivity index (χ4v) is 4.12. The monoisotopic (exact) mass is 389 g/mol. The first kappa shape index (κ1) is 18.5. The predicted molar refractivity (Wildman–Crippen MR) is 104 cm³/mol. The fourth-order valence-electron chi connectivity index (χ4n) is 2.67. The van der Waals surface area contributed by atoms with Gasteiger partial charge in [-0.1, -0.05) is 35.9 Å². The third kappa shape index (κ3) is 4.08. The van der Waals surface area contributed by atoms with Crippen molar-refractivity contribution in [2.24, 2.45) is 0 Å². The summed E-state index contributed by atoms with van der Waals surface area (Å²) >= 11 is 5.91. The summed E-state index contributed by atoms with van der Waals surface area (Å²) in [4.78, 5) is 0.266. The van der Waals surface area contributed by atoms with Gasteiger partial charge in [0.15, 0.2) is 5.82 Å². The van der Waals surface area contributed by atoms with Crippen molar-refractivity contribution in [1.29, 1.82) is 0 Å². The van der Waals surface area contributed by atoms with Gasteiger partial charge >= 0.3 is 0 Å². The molecule has 7 heteroatoms. The average Bonchev–Trinajstić information content (AvgIpc) is 2.90. The molecule has 1 N–H and O–H groups in total. The highest BCUT2D eigenvalue weighted by Gasteiger charge is 2.19. The second-order valence-corrected chi connectivity index (χ2v) is 8.42. The van der Waals surface area contributed by atoms with Gasteiger partial charge in [-0.05, 0) is 55.7 Å². The summed E-state index contributed by atoms with van der Waals surface area (Å²) in [6, 6.07) is 14.5. The van der Waals surface area contributed by atoms with E-state index >= 15 is 0 Å². The molecule has 0 fully saturated rings. The molecular weight excluding hydrogens is 370 g/mol. The lowest BCUT2D eigenvalue weighted by atomic mass is 10.2. The van der Waals surface area contributed by atoms with Crippen molar-refractivity contribution >= 4 is 27.4 Å². The molecule has 2 aromatic carbocycles. The maximum atomic E-state index is 12.7. The highest BCUT2D eigenvalue weighted by atomic mass is 35.5. The highest BCUT2D eigenvalue weighted by molar-refractivity contribution is 7.92. The predicted octanol–water partition coefficient (Wildman–Crippen LogP) is 4.31. The number of anilines is 1. The Labute approximate surface area is 158 Å². The SMILES string of the molecule is Cc1ccc(C)c(S(=O)(=O)Nc2cc(C)n(Cc3ccc(Cl)cc3)n2)c1. The number of hydrogen-bond donors (Lipinski definition) is 1. The van der Waals surface area contributed by atoms with Crippen molar-refractivity contribution in [2.75, 3.05) is 4.72 Å². The molecule has 0 unspecified atom stereocenters. The Morgan fingerprint density at radius 1 is 1.04 bits per heavy atom. The summed E-state index contributed by atoms with van der Waals surface area (Å²) < 4.78 is 29.8. The van der Waals surface area contributed by atoms with E-state index < -0.39 is 10.0 Å². The molecule has 0 aliphatic carbocycles. The zero-order chi connectivity index (χ0) is 18.9. The topological polar surface area (TPSA) is 64.0 Å². The minimum atomic E-state index is -3.69. The van der Waals surface area contributed by atoms with Crippen LogP contribution in [0.4, 0.5) is 5.82 Å². The van der Waals surface area contributed by atoms with Gasteiger partial charge in [-0.2, -0.15) is 5.10 Å². The minimum absolute atomic E-state index is 0.266. The molecule has 0 aliphatic rings. The lowest BCUT2D eigenvalue weighted by Gasteiger charge is -2.09. The van der Waals surface area contributed by atoms with Crippen LogP contribution in [0.15, 0.2) is 53.4 Å². The number of halogens is 1. The number of nitrogens with zero attached hydrogens (tertiary/aromatic N) is 2. The quantitative estimate of drug-likeness (QED) is 0.707. The molecule has 3 aromatic rings. The molecule has 1 heterocycles. The standard InChI is InChI=1S/C19H20ClN3O2S/c1-13-4-5-14(2)18(10-13)26(24,25)22-19-11-15(3)23(21-19)12-16-6-8-17(20)9-7-16/h4-11H,12H2,1-3H3,(H,21,22). The molecular formula is C19H20ClN3O2S. The molecule has 136 valence electrons.